The lowest BCUT2D eigenvalue weighted by atomic mass is 9.99. The number of rotatable bonds is 7. The molecular weight excluding hydrogens is 391 g/mol. The van der Waals surface area contributed by atoms with E-state index >= 15 is 0 Å². The first-order chi connectivity index (χ1) is 15.2. The number of fused-ring (bicyclic) bond motifs is 1. The first-order valence-electron chi connectivity index (χ1n) is 10.7. The molecule has 0 spiro atoms. The van der Waals surface area contributed by atoms with Crippen LogP contribution in [0.2, 0.25) is 0 Å². The van der Waals surface area contributed by atoms with Gasteiger partial charge in [-0.3, -0.25) is 4.90 Å². The van der Waals surface area contributed by atoms with Gasteiger partial charge in [-0.2, -0.15) is 0 Å². The van der Waals surface area contributed by atoms with E-state index in [-0.39, 0.29) is 11.9 Å². The Balaban J connectivity index is 1.15. The Bertz CT molecular complexity index is 1020. The molecule has 0 aromatic heterocycles. The van der Waals surface area contributed by atoms with E-state index in [2.05, 4.69) is 34.5 Å². The van der Waals surface area contributed by atoms with E-state index in [1.165, 1.54) is 23.3 Å². The Labute approximate surface area is 181 Å². The highest BCUT2D eigenvalue weighted by Crippen LogP contribution is 2.29. The molecule has 3 aromatic rings. The summed E-state index contributed by atoms with van der Waals surface area (Å²) in [5.41, 5.74) is 3.85. The maximum absolute atomic E-state index is 13.0. The van der Waals surface area contributed by atoms with Crippen molar-refractivity contribution in [2.75, 3.05) is 13.1 Å². The molecule has 0 radical (unpaired) electrons. The average Bonchev–Trinajstić information content (AvgIpc) is 3.18. The number of halogens is 1. The molecule has 1 fully saturated rings. The summed E-state index contributed by atoms with van der Waals surface area (Å²) < 4.78 is 18.8. The molecule has 1 aliphatic carbocycles. The van der Waals surface area contributed by atoms with Crippen LogP contribution < -0.4 is 10.1 Å². The van der Waals surface area contributed by atoms with Crippen LogP contribution >= 0.6 is 0 Å². The Kier molecular flexibility index (Phi) is 5.53. The highest BCUT2D eigenvalue weighted by Gasteiger charge is 2.35. The molecule has 1 aliphatic heterocycles. The highest BCUT2D eigenvalue weighted by molar-refractivity contribution is 5.62. The van der Waals surface area contributed by atoms with E-state index in [1.807, 2.05) is 24.3 Å². The number of hydrogen-bond donors (Lipinski definition) is 1. The number of hydrogen-bond acceptors (Lipinski definition) is 4. The van der Waals surface area contributed by atoms with Gasteiger partial charge in [0, 0.05) is 25.2 Å². The minimum Gasteiger partial charge on any atom is -0.457 e. The topological polar surface area (TPSA) is 41.6 Å². The van der Waals surface area contributed by atoms with Gasteiger partial charge < -0.3 is 14.8 Å². The molecule has 1 heterocycles. The van der Waals surface area contributed by atoms with Crippen molar-refractivity contribution in [3.05, 3.63) is 95.3 Å². The number of aldehydes is 1. The van der Waals surface area contributed by atoms with Crippen molar-refractivity contribution >= 4 is 6.29 Å². The number of nitrogens with zero attached hydrogens (tertiary/aromatic N) is 1. The van der Waals surface area contributed by atoms with Crippen LogP contribution in [-0.4, -0.2) is 36.4 Å². The molecule has 1 unspecified atom stereocenters. The van der Waals surface area contributed by atoms with E-state index in [0.717, 1.165) is 37.8 Å². The minimum atomic E-state index is -0.295. The maximum atomic E-state index is 13.0. The quantitative estimate of drug-likeness (QED) is 0.583. The Morgan fingerprint density at radius 3 is 2.03 bits per heavy atom. The molecule has 31 heavy (non-hydrogen) atoms. The third-order valence-corrected chi connectivity index (χ3v) is 6.23. The molecule has 5 heteroatoms. The predicted octanol–water partition coefficient (Wildman–Crippen LogP) is 4.30. The van der Waals surface area contributed by atoms with Crippen molar-refractivity contribution in [2.24, 2.45) is 0 Å². The van der Waals surface area contributed by atoms with Gasteiger partial charge in [0.1, 0.15) is 23.6 Å². The molecule has 0 amide bonds. The van der Waals surface area contributed by atoms with Gasteiger partial charge in [0.2, 0.25) is 0 Å². The first-order valence-corrected chi connectivity index (χ1v) is 10.7. The molecule has 3 aromatic carbocycles. The van der Waals surface area contributed by atoms with Crippen LogP contribution in [0.5, 0.6) is 11.5 Å². The zero-order valence-corrected chi connectivity index (χ0v) is 17.2. The Morgan fingerprint density at radius 1 is 0.871 bits per heavy atom. The summed E-state index contributed by atoms with van der Waals surface area (Å²) in [5.74, 6) is 0.937. The van der Waals surface area contributed by atoms with Crippen molar-refractivity contribution in [1.82, 2.24) is 10.2 Å². The second-order valence-corrected chi connectivity index (χ2v) is 8.40. The Hall–Kier alpha value is -3.02. The van der Waals surface area contributed by atoms with E-state index in [4.69, 9.17) is 4.74 Å². The number of nitrogens with one attached hydrogen (secondary N) is 1. The lowest BCUT2D eigenvalue weighted by Crippen LogP contribution is -2.61. The minimum absolute atomic E-state index is 0.251. The van der Waals surface area contributed by atoms with Gasteiger partial charge in [-0.15, -0.1) is 0 Å². The number of likely N-dealkylation sites (tertiary alicyclic amines) is 1. The van der Waals surface area contributed by atoms with E-state index in [9.17, 15) is 9.18 Å². The summed E-state index contributed by atoms with van der Waals surface area (Å²) in [6.07, 6.45) is 3.18. The fourth-order valence-electron chi connectivity index (χ4n) is 4.60. The van der Waals surface area contributed by atoms with Crippen LogP contribution in [0.15, 0.2) is 72.8 Å². The van der Waals surface area contributed by atoms with Crippen LogP contribution in [0.1, 0.15) is 22.7 Å². The maximum Gasteiger partial charge on any atom is 0.141 e. The third-order valence-electron chi connectivity index (χ3n) is 6.23. The van der Waals surface area contributed by atoms with Crippen LogP contribution in [-0.2, 0) is 17.6 Å². The monoisotopic (exact) mass is 416 g/mol. The van der Waals surface area contributed by atoms with Gasteiger partial charge in [0.25, 0.3) is 0 Å². The van der Waals surface area contributed by atoms with E-state index < -0.39 is 0 Å². The fourth-order valence-corrected chi connectivity index (χ4v) is 4.60. The summed E-state index contributed by atoms with van der Waals surface area (Å²) in [6.45, 7) is 1.73. The third kappa shape index (κ3) is 4.38. The molecule has 1 N–H and O–H groups in total. The van der Waals surface area contributed by atoms with Gasteiger partial charge in [-0.1, -0.05) is 36.4 Å². The molecule has 1 saturated heterocycles. The SMILES string of the molecule is O=CC(c1ccc(Oc2ccc(F)cc2)cc1)N1CC(NC2Cc3ccccc3C2)C1. The van der Waals surface area contributed by atoms with Gasteiger partial charge in [0.15, 0.2) is 0 Å². The summed E-state index contributed by atoms with van der Waals surface area (Å²) in [7, 11) is 0. The molecule has 158 valence electrons. The van der Waals surface area contributed by atoms with Crippen LogP contribution in [0.3, 0.4) is 0 Å². The average molecular weight is 416 g/mol. The van der Waals surface area contributed by atoms with Crippen molar-refractivity contribution < 1.29 is 13.9 Å². The molecule has 0 saturated carbocycles. The fraction of sp³-hybridized carbons (Fsp3) is 0.269. The van der Waals surface area contributed by atoms with Crippen molar-refractivity contribution in [3.63, 3.8) is 0 Å². The second kappa shape index (κ2) is 8.61. The van der Waals surface area contributed by atoms with E-state index in [1.54, 1.807) is 12.1 Å². The molecular formula is C26H25FN2O2. The number of ether oxygens (including phenoxy) is 1. The Morgan fingerprint density at radius 2 is 1.45 bits per heavy atom. The van der Waals surface area contributed by atoms with Crippen LogP contribution in [0.4, 0.5) is 4.39 Å². The van der Waals surface area contributed by atoms with Gasteiger partial charge in [0.05, 0.1) is 6.04 Å². The van der Waals surface area contributed by atoms with Gasteiger partial charge in [-0.05, 0) is 65.9 Å². The standard InChI is InChI=1S/C26H25FN2O2/c27-21-7-11-25(12-8-21)31-24-9-5-18(6-10-24)26(17-30)29-15-23(16-29)28-22-13-19-3-1-2-4-20(19)14-22/h1-12,17,22-23,26,28H,13-16H2. The van der Waals surface area contributed by atoms with E-state index in [0.29, 0.717) is 23.6 Å². The number of benzene rings is 3. The summed E-state index contributed by atoms with van der Waals surface area (Å²) in [6, 6.07) is 22.8. The van der Waals surface area contributed by atoms with Crippen molar-refractivity contribution in [1.29, 1.82) is 0 Å². The number of carbonyl (C=O) groups is 1. The van der Waals surface area contributed by atoms with Gasteiger partial charge in [-0.25, -0.2) is 4.39 Å². The number of carbonyl (C=O) groups excluding carboxylic acids is 1. The smallest absolute Gasteiger partial charge is 0.141 e. The largest absolute Gasteiger partial charge is 0.457 e. The molecule has 5 rings (SSSR count). The summed E-state index contributed by atoms with van der Waals surface area (Å²) >= 11 is 0. The normalized spacial score (nSPS) is 17.7. The molecule has 2 aliphatic rings. The molecule has 4 nitrogen and oxygen atoms in total. The second-order valence-electron chi connectivity index (χ2n) is 8.40. The molecule has 0 bridgehead atoms. The summed E-state index contributed by atoms with van der Waals surface area (Å²) in [4.78, 5) is 14.0. The zero-order chi connectivity index (χ0) is 21.2. The summed E-state index contributed by atoms with van der Waals surface area (Å²) in [5, 5.41) is 3.76. The predicted molar refractivity (Wildman–Crippen MR) is 118 cm³/mol. The van der Waals surface area contributed by atoms with Crippen LogP contribution in [0, 0.1) is 5.82 Å². The first kappa shape index (κ1) is 19.9. The lowest BCUT2D eigenvalue weighted by Gasteiger charge is -2.44. The highest BCUT2D eigenvalue weighted by atomic mass is 19.1. The molecule has 1 atom stereocenters. The lowest BCUT2D eigenvalue weighted by molar-refractivity contribution is -0.114. The van der Waals surface area contributed by atoms with Crippen molar-refractivity contribution in [3.8, 4) is 11.5 Å². The zero-order valence-electron chi connectivity index (χ0n) is 17.2. The van der Waals surface area contributed by atoms with Crippen LogP contribution in [0.25, 0.3) is 0 Å². The van der Waals surface area contributed by atoms with Crippen molar-refractivity contribution in [2.45, 2.75) is 31.0 Å². The van der Waals surface area contributed by atoms with Gasteiger partial charge >= 0.3 is 0 Å².